The van der Waals surface area contributed by atoms with Gasteiger partial charge in [0, 0.05) is 18.3 Å². The van der Waals surface area contributed by atoms with Gasteiger partial charge in [-0.25, -0.2) is 0 Å². The molecule has 0 aliphatic heterocycles. The van der Waals surface area contributed by atoms with Gasteiger partial charge in [-0.15, -0.1) is 0 Å². The zero-order chi connectivity index (χ0) is 9.14. The van der Waals surface area contributed by atoms with Gasteiger partial charge < -0.3 is 17.2 Å². The predicted molar refractivity (Wildman–Crippen MR) is 51.6 cm³/mol. The van der Waals surface area contributed by atoms with Crippen LogP contribution in [0.4, 0.5) is 5.69 Å². The lowest BCUT2D eigenvalue weighted by Crippen LogP contribution is -2.21. The molecule has 0 radical (unpaired) electrons. The van der Waals surface area contributed by atoms with Gasteiger partial charge in [-0.1, -0.05) is 12.1 Å². The Balaban J connectivity index is 3.07. The lowest BCUT2D eigenvalue weighted by Gasteiger charge is -2.13. The Hall–Kier alpha value is -1.06. The van der Waals surface area contributed by atoms with Crippen molar-refractivity contribution < 1.29 is 0 Å². The van der Waals surface area contributed by atoms with Crippen LogP contribution in [0.2, 0.25) is 0 Å². The van der Waals surface area contributed by atoms with E-state index in [9.17, 15) is 0 Å². The molecule has 0 amide bonds. The van der Waals surface area contributed by atoms with E-state index in [0.717, 1.165) is 16.8 Å². The summed E-state index contributed by atoms with van der Waals surface area (Å²) in [5, 5.41) is 0. The fraction of sp³-hybridized carbons (Fsp3) is 0.333. The summed E-state index contributed by atoms with van der Waals surface area (Å²) in [4.78, 5) is 0. The Kier molecular flexibility index (Phi) is 2.68. The molecule has 0 spiro atoms. The summed E-state index contributed by atoms with van der Waals surface area (Å²) in [6.07, 6.45) is 0. The third-order valence-corrected chi connectivity index (χ3v) is 2.07. The summed E-state index contributed by atoms with van der Waals surface area (Å²) in [6.45, 7) is 2.41. The quantitative estimate of drug-likeness (QED) is 0.559. The number of benzene rings is 1. The fourth-order valence-electron chi connectivity index (χ4n) is 1.20. The minimum Gasteiger partial charge on any atom is -0.399 e. The summed E-state index contributed by atoms with van der Waals surface area (Å²) in [5.74, 6) is 0. The van der Waals surface area contributed by atoms with E-state index in [2.05, 4.69) is 0 Å². The molecule has 1 rings (SSSR count). The number of rotatable bonds is 2. The highest BCUT2D eigenvalue weighted by Gasteiger charge is 2.07. The molecule has 6 N–H and O–H groups in total. The van der Waals surface area contributed by atoms with Crippen molar-refractivity contribution in [2.24, 2.45) is 11.5 Å². The van der Waals surface area contributed by atoms with Crippen molar-refractivity contribution in [1.29, 1.82) is 0 Å². The van der Waals surface area contributed by atoms with Gasteiger partial charge >= 0.3 is 0 Å². The highest BCUT2D eigenvalue weighted by molar-refractivity contribution is 5.50. The summed E-state index contributed by atoms with van der Waals surface area (Å²) in [7, 11) is 0. The molecule has 1 aromatic carbocycles. The maximum atomic E-state index is 5.78. The van der Waals surface area contributed by atoms with Crippen LogP contribution in [0, 0.1) is 6.92 Å². The predicted octanol–water partition coefficient (Wildman–Crippen LogP) is 0.536. The first-order valence-corrected chi connectivity index (χ1v) is 3.97. The molecule has 0 saturated carbocycles. The second-order valence-corrected chi connectivity index (χ2v) is 2.90. The van der Waals surface area contributed by atoms with Crippen molar-refractivity contribution in [3.8, 4) is 0 Å². The Morgan fingerprint density at radius 3 is 2.67 bits per heavy atom. The molecule has 12 heavy (non-hydrogen) atoms. The van der Waals surface area contributed by atoms with Gasteiger partial charge in [0.2, 0.25) is 0 Å². The Labute approximate surface area is 72.5 Å². The average molecular weight is 165 g/mol. The molecule has 1 atom stereocenters. The molecular weight excluding hydrogens is 150 g/mol. The van der Waals surface area contributed by atoms with Crippen LogP contribution in [0.5, 0.6) is 0 Å². The molecule has 0 saturated heterocycles. The molecule has 0 aliphatic rings. The van der Waals surface area contributed by atoms with E-state index < -0.39 is 0 Å². The third kappa shape index (κ3) is 1.57. The molecule has 3 nitrogen and oxygen atoms in total. The zero-order valence-corrected chi connectivity index (χ0v) is 7.25. The molecule has 0 bridgehead atoms. The minimum atomic E-state index is -0.103. The smallest absolute Gasteiger partial charge is 0.0422 e. The van der Waals surface area contributed by atoms with Crippen molar-refractivity contribution in [2.45, 2.75) is 13.0 Å². The molecule has 0 heterocycles. The molecule has 3 heteroatoms. The van der Waals surface area contributed by atoms with E-state index in [4.69, 9.17) is 17.2 Å². The number of nitrogen functional groups attached to an aromatic ring is 1. The largest absolute Gasteiger partial charge is 0.399 e. The number of nitrogens with two attached hydrogens (primary N) is 3. The van der Waals surface area contributed by atoms with Crippen LogP contribution in [0.15, 0.2) is 18.2 Å². The summed E-state index contributed by atoms with van der Waals surface area (Å²) < 4.78 is 0. The van der Waals surface area contributed by atoms with Gasteiger partial charge in [-0.05, 0) is 24.1 Å². The maximum absolute atomic E-state index is 5.78. The summed E-state index contributed by atoms with van der Waals surface area (Å²) in [6, 6.07) is 5.62. The molecule has 0 fully saturated rings. The molecule has 0 aromatic heterocycles. The van der Waals surface area contributed by atoms with Crippen LogP contribution in [-0.4, -0.2) is 6.54 Å². The van der Waals surface area contributed by atoms with Gasteiger partial charge in [0.25, 0.3) is 0 Å². The maximum Gasteiger partial charge on any atom is 0.0422 e. The highest BCUT2D eigenvalue weighted by atomic mass is 14.7. The molecule has 66 valence electrons. The second kappa shape index (κ2) is 3.56. The molecule has 0 aliphatic carbocycles. The SMILES string of the molecule is Cc1c(N)cccc1[C@@H](N)CN. The van der Waals surface area contributed by atoms with Crippen molar-refractivity contribution in [2.75, 3.05) is 12.3 Å². The number of hydrogen-bond donors (Lipinski definition) is 3. The first-order valence-electron chi connectivity index (χ1n) is 3.97. The molecule has 0 unspecified atom stereocenters. The zero-order valence-electron chi connectivity index (χ0n) is 7.25. The normalized spacial score (nSPS) is 12.9. The first kappa shape index (κ1) is 9.03. The van der Waals surface area contributed by atoms with Gasteiger partial charge in [0.1, 0.15) is 0 Å². The minimum absolute atomic E-state index is 0.103. The van der Waals surface area contributed by atoms with Crippen molar-refractivity contribution in [3.63, 3.8) is 0 Å². The van der Waals surface area contributed by atoms with Crippen molar-refractivity contribution in [3.05, 3.63) is 29.3 Å². The van der Waals surface area contributed by atoms with Gasteiger partial charge in [0.05, 0.1) is 0 Å². The van der Waals surface area contributed by atoms with Crippen molar-refractivity contribution in [1.82, 2.24) is 0 Å². The van der Waals surface area contributed by atoms with Crippen LogP contribution in [-0.2, 0) is 0 Å². The van der Waals surface area contributed by atoms with Gasteiger partial charge in [-0.3, -0.25) is 0 Å². The van der Waals surface area contributed by atoms with Crippen LogP contribution in [0.25, 0.3) is 0 Å². The van der Waals surface area contributed by atoms with E-state index in [1.807, 2.05) is 25.1 Å². The number of hydrogen-bond acceptors (Lipinski definition) is 3. The van der Waals surface area contributed by atoms with Crippen molar-refractivity contribution >= 4 is 5.69 Å². The van der Waals surface area contributed by atoms with E-state index in [1.165, 1.54) is 0 Å². The van der Waals surface area contributed by atoms with E-state index in [-0.39, 0.29) is 6.04 Å². The molecule has 1 aromatic rings. The summed E-state index contributed by atoms with van der Waals surface area (Å²) >= 11 is 0. The monoisotopic (exact) mass is 165 g/mol. The number of anilines is 1. The molecular formula is C9H15N3. The second-order valence-electron chi connectivity index (χ2n) is 2.90. The van der Waals surface area contributed by atoms with E-state index in [0.29, 0.717) is 6.54 Å². The van der Waals surface area contributed by atoms with E-state index >= 15 is 0 Å². The summed E-state index contributed by atoms with van der Waals surface area (Å²) in [5.41, 5.74) is 19.8. The Bertz CT molecular complexity index is 270. The van der Waals surface area contributed by atoms with Crippen LogP contribution in [0.1, 0.15) is 17.2 Å². The van der Waals surface area contributed by atoms with Gasteiger partial charge in [0.15, 0.2) is 0 Å². The highest BCUT2D eigenvalue weighted by Crippen LogP contribution is 2.19. The van der Waals surface area contributed by atoms with Crippen LogP contribution >= 0.6 is 0 Å². The fourth-order valence-corrected chi connectivity index (χ4v) is 1.20. The van der Waals surface area contributed by atoms with E-state index in [1.54, 1.807) is 0 Å². The average Bonchev–Trinajstić information content (AvgIpc) is 2.08. The lowest BCUT2D eigenvalue weighted by atomic mass is 10.0. The topological polar surface area (TPSA) is 78.1 Å². The Morgan fingerprint density at radius 1 is 1.42 bits per heavy atom. The third-order valence-electron chi connectivity index (χ3n) is 2.07. The van der Waals surface area contributed by atoms with Crippen LogP contribution in [0.3, 0.4) is 0 Å². The lowest BCUT2D eigenvalue weighted by molar-refractivity contribution is 0.732. The standard InChI is InChI=1S/C9H15N3/c1-6-7(9(12)5-10)3-2-4-8(6)11/h2-4,9H,5,10-12H2,1H3/t9-/m0/s1. The van der Waals surface area contributed by atoms with Crippen LogP contribution < -0.4 is 17.2 Å². The Morgan fingerprint density at radius 2 is 2.08 bits per heavy atom. The first-order chi connectivity index (χ1) is 5.66. The van der Waals surface area contributed by atoms with Gasteiger partial charge in [-0.2, -0.15) is 0 Å².